The average Bonchev–Trinajstić information content (AvgIpc) is 3.50. The van der Waals surface area contributed by atoms with Crippen molar-refractivity contribution in [3.63, 3.8) is 0 Å². The summed E-state index contributed by atoms with van der Waals surface area (Å²) in [6.07, 6.45) is 2.91. The molecule has 0 aromatic heterocycles. The Hall–Kier alpha value is -5.34. The van der Waals surface area contributed by atoms with Gasteiger partial charge in [-0.2, -0.15) is 0 Å². The van der Waals surface area contributed by atoms with Crippen molar-refractivity contribution in [2.45, 2.75) is 148 Å². The van der Waals surface area contributed by atoms with Crippen molar-refractivity contribution in [1.82, 2.24) is 26.6 Å². The van der Waals surface area contributed by atoms with Crippen LogP contribution in [0, 0.1) is 0 Å². The minimum atomic E-state index is -1.12. The van der Waals surface area contributed by atoms with Crippen molar-refractivity contribution in [3.8, 4) is 11.1 Å². The molecule has 2 aromatic rings. The number of benzene rings is 2. The number of fused-ring (bicyclic) bond motifs is 3. The van der Waals surface area contributed by atoms with Gasteiger partial charge in [0.1, 0.15) is 35.9 Å². The Morgan fingerprint density at radius 1 is 0.583 bits per heavy atom. The van der Waals surface area contributed by atoms with Gasteiger partial charge in [-0.25, -0.2) is 19.2 Å². The van der Waals surface area contributed by atoms with Crippen LogP contribution in [-0.4, -0.2) is 92.2 Å². The molecule has 3 atom stereocenters. The number of carbonyl (C=O) groups is 6. The number of ether oxygens (including phenoxy) is 4. The fraction of sp³-hybridized carbons (Fsp3) is 0.600. The molecule has 5 amide bonds. The summed E-state index contributed by atoms with van der Waals surface area (Å²) in [5, 5.41) is 13.7. The normalized spacial score (nSPS) is 13.7. The lowest BCUT2D eigenvalue weighted by Crippen LogP contribution is -2.56. The van der Waals surface area contributed by atoms with Crippen LogP contribution in [0.15, 0.2) is 48.5 Å². The number of hydrogen-bond acceptors (Lipinski definition) is 10. The van der Waals surface area contributed by atoms with E-state index in [1.165, 1.54) is 7.11 Å². The van der Waals surface area contributed by atoms with E-state index in [0.717, 1.165) is 35.1 Å². The van der Waals surface area contributed by atoms with Gasteiger partial charge >= 0.3 is 24.2 Å². The van der Waals surface area contributed by atoms with E-state index in [-0.39, 0.29) is 38.5 Å². The fourth-order valence-electron chi connectivity index (χ4n) is 6.81. The van der Waals surface area contributed by atoms with Crippen LogP contribution in [0.5, 0.6) is 0 Å². The first-order valence-corrected chi connectivity index (χ1v) is 21.2. The minimum Gasteiger partial charge on any atom is -0.467 e. The lowest BCUT2D eigenvalue weighted by atomic mass is 9.98. The Morgan fingerprint density at radius 2 is 1.02 bits per heavy atom. The maximum Gasteiger partial charge on any atom is 0.407 e. The van der Waals surface area contributed by atoms with Gasteiger partial charge in [0.25, 0.3) is 0 Å². The van der Waals surface area contributed by atoms with Crippen molar-refractivity contribution in [3.05, 3.63) is 59.7 Å². The van der Waals surface area contributed by atoms with Crippen LogP contribution in [-0.2, 0) is 33.3 Å². The summed E-state index contributed by atoms with van der Waals surface area (Å²) in [4.78, 5) is 78.4. The van der Waals surface area contributed by atoms with Crippen molar-refractivity contribution in [1.29, 1.82) is 0 Å². The molecule has 0 heterocycles. The first-order chi connectivity index (χ1) is 28.4. The van der Waals surface area contributed by atoms with Crippen molar-refractivity contribution < 1.29 is 47.7 Å². The molecule has 0 radical (unpaired) electrons. The molecule has 5 N–H and O–H groups in total. The monoisotopic (exact) mass is 837 g/mol. The zero-order valence-corrected chi connectivity index (χ0v) is 36.7. The van der Waals surface area contributed by atoms with Gasteiger partial charge < -0.3 is 45.5 Å². The number of unbranched alkanes of at least 4 members (excludes halogenated alkanes) is 4. The highest BCUT2D eigenvalue weighted by Gasteiger charge is 2.32. The molecule has 0 saturated heterocycles. The zero-order valence-electron chi connectivity index (χ0n) is 36.7. The summed E-state index contributed by atoms with van der Waals surface area (Å²) >= 11 is 0. The van der Waals surface area contributed by atoms with Crippen molar-refractivity contribution in [2.24, 2.45) is 0 Å². The number of methoxy groups -OCH3 is 1. The van der Waals surface area contributed by atoms with Gasteiger partial charge in [0.05, 0.1) is 7.11 Å². The molecule has 15 heteroatoms. The predicted molar refractivity (Wildman–Crippen MR) is 228 cm³/mol. The first-order valence-electron chi connectivity index (χ1n) is 21.2. The van der Waals surface area contributed by atoms with Crippen LogP contribution in [0.4, 0.5) is 14.4 Å². The summed E-state index contributed by atoms with van der Waals surface area (Å²) in [6, 6.07) is 12.8. The molecule has 3 rings (SSSR count). The molecule has 1 aliphatic carbocycles. The number of alkyl carbamates (subject to hydrolysis) is 3. The van der Waals surface area contributed by atoms with E-state index in [1.54, 1.807) is 41.5 Å². The van der Waals surface area contributed by atoms with E-state index in [2.05, 4.69) is 26.6 Å². The number of nitrogens with one attached hydrogen (secondary N) is 5. The van der Waals surface area contributed by atoms with Gasteiger partial charge in [-0.05, 0) is 109 Å². The predicted octanol–water partition coefficient (Wildman–Crippen LogP) is 7.01. The highest BCUT2D eigenvalue weighted by atomic mass is 16.6. The first kappa shape index (κ1) is 49.0. The second-order valence-corrected chi connectivity index (χ2v) is 17.0. The van der Waals surface area contributed by atoms with Gasteiger partial charge in [0.2, 0.25) is 11.8 Å². The lowest BCUT2D eigenvalue weighted by Gasteiger charge is -2.25. The fourth-order valence-corrected chi connectivity index (χ4v) is 6.81. The molecule has 0 bridgehead atoms. The van der Waals surface area contributed by atoms with Gasteiger partial charge in [0, 0.05) is 19.0 Å². The summed E-state index contributed by atoms with van der Waals surface area (Å²) in [7, 11) is 1.25. The van der Waals surface area contributed by atoms with E-state index in [0.29, 0.717) is 38.5 Å². The molecule has 60 heavy (non-hydrogen) atoms. The molecule has 332 valence electrons. The van der Waals surface area contributed by atoms with Crippen molar-refractivity contribution >= 4 is 36.1 Å². The quantitative estimate of drug-likeness (QED) is 0.0467. The maximum atomic E-state index is 14.1. The standard InChI is InChI=1S/C45H67N5O10/c1-9-10-11-26-37(40(53)57-8)49-38(51)35(24-16-18-27-46-41(54)59-44(2,3)4)48-39(52)36(25-17-19-28-47-42(55)60-45(5,6)7)50-43(56)58-29-34-32-22-14-12-20-30(32)31-21-13-15-23-33(31)34/h12-15,20-23,34-37H,9-11,16-19,24-29H2,1-8H3,(H,46,54)(H,47,55)(H,48,52)(H,49,51)(H,50,56)/t35?,36?,37-/m0/s1. The Labute approximate surface area is 355 Å². The summed E-state index contributed by atoms with van der Waals surface area (Å²) in [5.74, 6) is -2.01. The second kappa shape index (κ2) is 24.0. The number of hydrogen-bond donors (Lipinski definition) is 5. The van der Waals surface area contributed by atoms with E-state index in [1.807, 2.05) is 55.5 Å². The van der Waals surface area contributed by atoms with E-state index in [9.17, 15) is 28.8 Å². The summed E-state index contributed by atoms with van der Waals surface area (Å²) in [5.41, 5.74) is 2.89. The van der Waals surface area contributed by atoms with Crippen LogP contribution in [0.3, 0.4) is 0 Å². The van der Waals surface area contributed by atoms with E-state index < -0.39 is 65.4 Å². The van der Waals surface area contributed by atoms with Crippen LogP contribution in [0.2, 0.25) is 0 Å². The topological polar surface area (TPSA) is 199 Å². The lowest BCUT2D eigenvalue weighted by molar-refractivity contribution is -0.145. The molecule has 2 aromatic carbocycles. The van der Waals surface area contributed by atoms with Crippen LogP contribution in [0.1, 0.15) is 130 Å². The Balaban J connectivity index is 1.76. The number of esters is 1. The van der Waals surface area contributed by atoms with Crippen LogP contribution < -0.4 is 26.6 Å². The van der Waals surface area contributed by atoms with Gasteiger partial charge in [-0.3, -0.25) is 9.59 Å². The molecular weight excluding hydrogens is 771 g/mol. The minimum absolute atomic E-state index is 0.0311. The van der Waals surface area contributed by atoms with E-state index in [4.69, 9.17) is 18.9 Å². The maximum absolute atomic E-state index is 14.1. The summed E-state index contributed by atoms with van der Waals surface area (Å²) < 4.78 is 21.4. The molecule has 0 spiro atoms. The number of amides is 5. The highest BCUT2D eigenvalue weighted by molar-refractivity contribution is 5.93. The molecule has 2 unspecified atom stereocenters. The highest BCUT2D eigenvalue weighted by Crippen LogP contribution is 2.44. The average molecular weight is 838 g/mol. The SMILES string of the molecule is CCCCC[C@H](NC(=O)C(CCCCNC(=O)OC(C)(C)C)NC(=O)C(CCCCNC(=O)OC(C)(C)C)NC(=O)OCC1c2ccccc2-c2ccccc21)C(=O)OC. The Kier molecular flexibility index (Phi) is 19.7. The smallest absolute Gasteiger partial charge is 0.407 e. The summed E-state index contributed by atoms with van der Waals surface area (Å²) in [6.45, 7) is 13.2. The second-order valence-electron chi connectivity index (χ2n) is 17.0. The molecule has 0 saturated carbocycles. The van der Waals surface area contributed by atoms with Gasteiger partial charge in [-0.1, -0.05) is 74.7 Å². The Bertz CT molecular complexity index is 1690. The van der Waals surface area contributed by atoms with E-state index >= 15 is 0 Å². The third-order valence-corrected chi connectivity index (χ3v) is 9.66. The molecular formula is C45H67N5O10. The molecule has 0 aliphatic heterocycles. The zero-order chi connectivity index (χ0) is 44.3. The molecule has 1 aliphatic rings. The largest absolute Gasteiger partial charge is 0.467 e. The molecule has 0 fully saturated rings. The van der Waals surface area contributed by atoms with Gasteiger partial charge in [0.15, 0.2) is 0 Å². The third kappa shape index (κ3) is 17.1. The number of carbonyl (C=O) groups excluding carboxylic acids is 6. The van der Waals surface area contributed by atoms with Crippen LogP contribution in [0.25, 0.3) is 11.1 Å². The third-order valence-electron chi connectivity index (χ3n) is 9.66. The van der Waals surface area contributed by atoms with Crippen LogP contribution >= 0.6 is 0 Å². The number of rotatable bonds is 22. The van der Waals surface area contributed by atoms with Gasteiger partial charge in [-0.15, -0.1) is 0 Å². The Morgan fingerprint density at radius 3 is 1.48 bits per heavy atom. The van der Waals surface area contributed by atoms with Crippen molar-refractivity contribution in [2.75, 3.05) is 26.8 Å². The molecule has 15 nitrogen and oxygen atoms in total.